The van der Waals surface area contributed by atoms with E-state index in [0.717, 1.165) is 50.6 Å². The molecule has 2 aromatic carbocycles. The number of likely N-dealkylation sites (tertiary alicyclic amines) is 1. The smallest absolute Gasteiger partial charge is 0.294 e. The van der Waals surface area contributed by atoms with Crippen molar-refractivity contribution in [1.29, 1.82) is 0 Å². The largest absolute Gasteiger partial charge is 0.488 e. The lowest BCUT2D eigenvalue weighted by Crippen LogP contribution is -2.44. The van der Waals surface area contributed by atoms with Crippen LogP contribution in [0.2, 0.25) is 0 Å². The fraction of sp³-hybridized carbons (Fsp3) is 0.292. The number of thioether (sulfide) groups is 1. The number of ether oxygens (including phenoxy) is 1. The van der Waals surface area contributed by atoms with Crippen LogP contribution in [-0.2, 0) is 16.2 Å². The number of rotatable bonds is 6. The van der Waals surface area contributed by atoms with Crippen molar-refractivity contribution >= 4 is 57.5 Å². The third-order valence-corrected chi connectivity index (χ3v) is 7.19. The van der Waals surface area contributed by atoms with Gasteiger partial charge in [0, 0.05) is 13.1 Å². The summed E-state index contributed by atoms with van der Waals surface area (Å²) >= 11 is 2.99. The third kappa shape index (κ3) is 5.94. The number of carbonyl (C=O) groups is 3. The van der Waals surface area contributed by atoms with Gasteiger partial charge in [0.15, 0.2) is 0 Å². The van der Waals surface area contributed by atoms with Crippen molar-refractivity contribution < 1.29 is 23.5 Å². The van der Waals surface area contributed by atoms with Gasteiger partial charge in [0.1, 0.15) is 24.7 Å². The maximum absolute atomic E-state index is 13.0. The van der Waals surface area contributed by atoms with Gasteiger partial charge in [0.05, 0.1) is 8.48 Å². The molecule has 0 unspecified atom stereocenters. The Bertz CT molecular complexity index is 1100. The van der Waals surface area contributed by atoms with E-state index >= 15 is 0 Å². The van der Waals surface area contributed by atoms with Gasteiger partial charge in [0.25, 0.3) is 11.1 Å². The normalized spacial score (nSPS) is 17.7. The van der Waals surface area contributed by atoms with Gasteiger partial charge in [0.2, 0.25) is 5.91 Å². The van der Waals surface area contributed by atoms with Gasteiger partial charge in [-0.1, -0.05) is 18.2 Å². The topological polar surface area (TPSA) is 66.9 Å². The zero-order valence-corrected chi connectivity index (χ0v) is 20.7. The van der Waals surface area contributed by atoms with Crippen LogP contribution in [0.25, 0.3) is 6.08 Å². The van der Waals surface area contributed by atoms with E-state index in [-0.39, 0.29) is 18.3 Å². The van der Waals surface area contributed by atoms with Crippen molar-refractivity contribution in [2.45, 2.75) is 25.9 Å². The highest BCUT2D eigenvalue weighted by Gasteiger charge is 2.37. The van der Waals surface area contributed by atoms with Crippen molar-refractivity contribution in [3.8, 4) is 5.75 Å². The zero-order chi connectivity index (χ0) is 23.4. The molecule has 3 amide bonds. The lowest BCUT2D eigenvalue weighted by molar-refractivity contribution is -0.136. The first-order chi connectivity index (χ1) is 15.9. The fourth-order valence-corrected chi connectivity index (χ4v) is 5.17. The van der Waals surface area contributed by atoms with E-state index in [4.69, 9.17) is 4.74 Å². The Kier molecular flexibility index (Phi) is 7.69. The standard InChI is InChI=1S/C24H22FIN2O4S/c25-18-7-4-16(5-8-18)15-32-20-9-6-17(12-19(20)26)13-21-23(30)28(24(31)33-21)14-22(29)27-10-2-1-3-11-27/h4-9,12-13H,1-3,10-11,14-15H2/b21-13-. The van der Waals surface area contributed by atoms with Crippen molar-refractivity contribution in [1.82, 2.24) is 9.80 Å². The molecule has 0 aromatic heterocycles. The number of amides is 3. The number of carbonyl (C=O) groups excluding carboxylic acids is 3. The summed E-state index contributed by atoms with van der Waals surface area (Å²) in [5.74, 6) is -0.257. The molecule has 0 radical (unpaired) electrons. The van der Waals surface area contributed by atoms with Crippen molar-refractivity contribution in [2.75, 3.05) is 19.6 Å². The maximum Gasteiger partial charge on any atom is 0.294 e. The van der Waals surface area contributed by atoms with Crippen LogP contribution in [0.15, 0.2) is 47.4 Å². The number of piperidine rings is 1. The molecule has 0 saturated carbocycles. The molecule has 2 aromatic rings. The SMILES string of the molecule is O=C(CN1C(=O)S/C(=C\c2ccc(OCc3ccc(F)cc3)c(I)c2)C1=O)N1CCCCC1. The summed E-state index contributed by atoms with van der Waals surface area (Å²) < 4.78 is 19.7. The average molecular weight is 580 g/mol. The van der Waals surface area contributed by atoms with Crippen molar-refractivity contribution in [3.63, 3.8) is 0 Å². The van der Waals surface area contributed by atoms with Gasteiger partial charge >= 0.3 is 0 Å². The summed E-state index contributed by atoms with van der Waals surface area (Å²) in [5.41, 5.74) is 1.60. The molecule has 0 bridgehead atoms. The van der Waals surface area contributed by atoms with Gasteiger partial charge in [-0.05, 0) is 95.1 Å². The molecule has 33 heavy (non-hydrogen) atoms. The second kappa shape index (κ2) is 10.7. The minimum Gasteiger partial charge on any atom is -0.488 e. The summed E-state index contributed by atoms with van der Waals surface area (Å²) in [4.78, 5) is 40.7. The number of benzene rings is 2. The fourth-order valence-electron chi connectivity index (χ4n) is 3.63. The van der Waals surface area contributed by atoms with Crippen LogP contribution in [0.4, 0.5) is 9.18 Å². The molecular weight excluding hydrogens is 558 g/mol. The number of nitrogens with zero attached hydrogens (tertiary/aromatic N) is 2. The number of hydrogen-bond donors (Lipinski definition) is 0. The summed E-state index contributed by atoms with van der Waals surface area (Å²) in [6.45, 7) is 1.45. The molecule has 4 rings (SSSR count). The molecule has 0 N–H and O–H groups in total. The van der Waals surface area contributed by atoms with E-state index in [2.05, 4.69) is 22.6 Å². The lowest BCUT2D eigenvalue weighted by atomic mass is 10.1. The summed E-state index contributed by atoms with van der Waals surface area (Å²) in [6, 6.07) is 11.6. The molecule has 6 nitrogen and oxygen atoms in total. The molecular formula is C24H22FIN2O4S. The predicted octanol–water partition coefficient (Wildman–Crippen LogP) is 5.06. The van der Waals surface area contributed by atoms with Gasteiger partial charge in [-0.15, -0.1) is 0 Å². The minimum atomic E-state index is -0.443. The van der Waals surface area contributed by atoms with E-state index in [1.807, 2.05) is 6.07 Å². The van der Waals surface area contributed by atoms with Gasteiger partial charge in [-0.2, -0.15) is 0 Å². The van der Waals surface area contributed by atoms with Gasteiger partial charge in [-0.3, -0.25) is 19.3 Å². The van der Waals surface area contributed by atoms with Crippen LogP contribution in [0, 0.1) is 9.39 Å². The highest BCUT2D eigenvalue weighted by atomic mass is 127. The van der Waals surface area contributed by atoms with Crippen LogP contribution < -0.4 is 4.74 Å². The summed E-state index contributed by atoms with van der Waals surface area (Å²) in [5, 5.41) is -0.425. The van der Waals surface area contributed by atoms with Crippen LogP contribution in [0.1, 0.15) is 30.4 Å². The average Bonchev–Trinajstić information content (AvgIpc) is 3.07. The molecule has 0 aliphatic carbocycles. The first kappa shape index (κ1) is 23.7. The van der Waals surface area contributed by atoms with Crippen LogP contribution in [0.3, 0.4) is 0 Å². The Morgan fingerprint density at radius 2 is 1.82 bits per heavy atom. The van der Waals surface area contributed by atoms with Crippen molar-refractivity contribution in [2.24, 2.45) is 0 Å². The van der Waals surface area contributed by atoms with Crippen LogP contribution >= 0.6 is 34.4 Å². The van der Waals surface area contributed by atoms with Crippen LogP contribution in [-0.4, -0.2) is 46.5 Å². The summed E-state index contributed by atoms with van der Waals surface area (Å²) in [6.07, 6.45) is 4.66. The Hall–Kier alpha value is -2.40. The molecule has 0 atom stereocenters. The van der Waals surface area contributed by atoms with Crippen molar-refractivity contribution in [3.05, 3.63) is 67.9 Å². The second-order valence-corrected chi connectivity index (χ2v) is 9.97. The minimum absolute atomic E-state index is 0.185. The number of hydrogen-bond acceptors (Lipinski definition) is 5. The van der Waals surface area contributed by atoms with E-state index in [1.165, 1.54) is 12.1 Å². The molecule has 2 aliphatic rings. The van der Waals surface area contributed by atoms with E-state index < -0.39 is 11.1 Å². The first-order valence-corrected chi connectivity index (χ1v) is 12.5. The lowest BCUT2D eigenvalue weighted by Gasteiger charge is -2.27. The highest BCUT2D eigenvalue weighted by Crippen LogP contribution is 2.33. The van der Waals surface area contributed by atoms with Gasteiger partial charge < -0.3 is 9.64 Å². The highest BCUT2D eigenvalue weighted by molar-refractivity contribution is 14.1. The molecule has 172 valence electrons. The second-order valence-electron chi connectivity index (χ2n) is 7.81. The molecule has 2 heterocycles. The Morgan fingerprint density at radius 1 is 1.09 bits per heavy atom. The Labute approximate surface area is 209 Å². The molecule has 2 fully saturated rings. The van der Waals surface area contributed by atoms with Crippen LogP contribution in [0.5, 0.6) is 5.75 Å². The first-order valence-electron chi connectivity index (χ1n) is 10.6. The third-order valence-electron chi connectivity index (χ3n) is 5.44. The van der Waals surface area contributed by atoms with E-state index in [9.17, 15) is 18.8 Å². The molecule has 2 aliphatic heterocycles. The number of halogens is 2. The maximum atomic E-state index is 13.0. The van der Waals surface area contributed by atoms with E-state index in [0.29, 0.717) is 30.4 Å². The summed E-state index contributed by atoms with van der Waals surface area (Å²) in [7, 11) is 0. The van der Waals surface area contributed by atoms with E-state index in [1.54, 1.807) is 35.2 Å². The predicted molar refractivity (Wildman–Crippen MR) is 133 cm³/mol. The zero-order valence-electron chi connectivity index (χ0n) is 17.8. The monoisotopic (exact) mass is 580 g/mol. The Balaban J connectivity index is 1.40. The van der Waals surface area contributed by atoms with Gasteiger partial charge in [-0.25, -0.2) is 4.39 Å². The Morgan fingerprint density at radius 3 is 2.52 bits per heavy atom. The molecule has 2 saturated heterocycles. The molecule has 9 heteroatoms. The number of imide groups is 1. The molecule has 0 spiro atoms. The quantitative estimate of drug-likeness (QED) is 0.353.